The number of likely N-dealkylation sites (N-methyl/N-ethyl adjacent to an activating group) is 1. The second-order valence-electron chi connectivity index (χ2n) is 4.05. The van der Waals surface area contributed by atoms with E-state index in [1.165, 1.54) is 11.7 Å². The van der Waals surface area contributed by atoms with E-state index in [0.717, 1.165) is 4.90 Å². The molecule has 0 aliphatic heterocycles. The highest BCUT2D eigenvalue weighted by molar-refractivity contribution is 5.95. The lowest BCUT2D eigenvalue weighted by atomic mass is 10.2. The predicted octanol–water partition coefficient (Wildman–Crippen LogP) is 0.0624. The Balaban J connectivity index is 3.14. The first-order valence-electron chi connectivity index (χ1n) is 5.77. The molecule has 0 unspecified atom stereocenters. The summed E-state index contributed by atoms with van der Waals surface area (Å²) in [5, 5.41) is 23.6. The van der Waals surface area contributed by atoms with Crippen LogP contribution in [0.5, 0.6) is 0 Å². The number of carboxylic acid groups (broad SMARTS) is 1. The first-order chi connectivity index (χ1) is 9.29. The number of carbonyl (C=O) groups is 2. The standard InChI is InChI=1S/C10H15N5O5/c1-3-6-8(15(19)20)7(9(11)16)12-14(6)5-4-13(2)10(17)18/h3-5H2,1-2H3,(H2,11,16)(H,17,18). The molecule has 0 fully saturated rings. The number of nitrogens with two attached hydrogens (primary N) is 1. The van der Waals surface area contributed by atoms with Gasteiger partial charge in [-0.25, -0.2) is 4.79 Å². The molecule has 0 aliphatic rings. The SMILES string of the molecule is CCc1c([N+](=O)[O-])c(C(N)=O)nn1CCN(C)C(=O)O. The van der Waals surface area contributed by atoms with E-state index < -0.39 is 28.3 Å². The second kappa shape index (κ2) is 5.99. The number of aromatic nitrogens is 2. The molecule has 0 radical (unpaired) electrons. The number of hydrogen-bond acceptors (Lipinski definition) is 5. The maximum absolute atomic E-state index is 11.2. The highest BCUT2D eigenvalue weighted by Crippen LogP contribution is 2.23. The van der Waals surface area contributed by atoms with Crippen molar-refractivity contribution in [3.63, 3.8) is 0 Å². The number of hydrogen-bond donors (Lipinski definition) is 2. The summed E-state index contributed by atoms with van der Waals surface area (Å²) in [5.74, 6) is -0.989. The lowest BCUT2D eigenvalue weighted by Crippen LogP contribution is -2.29. The van der Waals surface area contributed by atoms with E-state index in [0.29, 0.717) is 0 Å². The van der Waals surface area contributed by atoms with Gasteiger partial charge in [-0.05, 0) is 6.42 Å². The highest BCUT2D eigenvalue weighted by atomic mass is 16.6. The van der Waals surface area contributed by atoms with Crippen molar-refractivity contribution >= 4 is 17.7 Å². The Kier molecular flexibility index (Phi) is 4.62. The van der Waals surface area contributed by atoms with Gasteiger partial charge in [0.25, 0.3) is 5.91 Å². The van der Waals surface area contributed by atoms with Crippen LogP contribution in [-0.4, -0.2) is 50.3 Å². The quantitative estimate of drug-likeness (QED) is 0.558. The zero-order valence-electron chi connectivity index (χ0n) is 11.1. The third-order valence-electron chi connectivity index (χ3n) is 2.75. The van der Waals surface area contributed by atoms with Crippen molar-refractivity contribution in [2.24, 2.45) is 5.73 Å². The molecule has 10 nitrogen and oxygen atoms in total. The third-order valence-corrected chi connectivity index (χ3v) is 2.75. The van der Waals surface area contributed by atoms with Crippen molar-refractivity contribution in [2.45, 2.75) is 19.9 Å². The van der Waals surface area contributed by atoms with Gasteiger partial charge in [0.15, 0.2) is 0 Å². The molecule has 2 amide bonds. The van der Waals surface area contributed by atoms with E-state index in [9.17, 15) is 19.7 Å². The minimum absolute atomic E-state index is 0.0827. The molecule has 0 saturated carbocycles. The Morgan fingerprint density at radius 3 is 2.55 bits per heavy atom. The van der Waals surface area contributed by atoms with Crippen LogP contribution in [0.3, 0.4) is 0 Å². The Labute approximate surface area is 113 Å². The van der Waals surface area contributed by atoms with Gasteiger partial charge in [0.2, 0.25) is 5.69 Å². The van der Waals surface area contributed by atoms with Crippen LogP contribution in [0.4, 0.5) is 10.5 Å². The van der Waals surface area contributed by atoms with Gasteiger partial charge in [-0.1, -0.05) is 6.92 Å². The molecule has 0 saturated heterocycles. The molecule has 0 bridgehead atoms. The van der Waals surface area contributed by atoms with E-state index in [2.05, 4.69) is 5.10 Å². The average Bonchev–Trinajstić information content (AvgIpc) is 2.74. The summed E-state index contributed by atoms with van der Waals surface area (Å²) in [4.78, 5) is 33.2. The average molecular weight is 285 g/mol. The van der Waals surface area contributed by atoms with Gasteiger partial charge in [0, 0.05) is 13.6 Å². The number of primary amides is 1. The number of rotatable bonds is 6. The minimum Gasteiger partial charge on any atom is -0.465 e. The number of nitro groups is 1. The van der Waals surface area contributed by atoms with Gasteiger partial charge in [-0.3, -0.25) is 19.6 Å². The van der Waals surface area contributed by atoms with Crippen molar-refractivity contribution in [1.82, 2.24) is 14.7 Å². The van der Waals surface area contributed by atoms with Crippen LogP contribution in [-0.2, 0) is 13.0 Å². The van der Waals surface area contributed by atoms with Crippen LogP contribution in [0.1, 0.15) is 23.1 Å². The maximum atomic E-state index is 11.2. The van der Waals surface area contributed by atoms with E-state index in [1.54, 1.807) is 6.92 Å². The molecule has 20 heavy (non-hydrogen) atoms. The van der Waals surface area contributed by atoms with Gasteiger partial charge < -0.3 is 15.7 Å². The Bertz CT molecular complexity index is 552. The van der Waals surface area contributed by atoms with Crippen LogP contribution in [0.25, 0.3) is 0 Å². The highest BCUT2D eigenvalue weighted by Gasteiger charge is 2.29. The normalized spacial score (nSPS) is 10.3. The summed E-state index contributed by atoms with van der Waals surface area (Å²) in [6.45, 7) is 1.85. The molecule has 1 aromatic heterocycles. The first kappa shape index (κ1) is 15.4. The van der Waals surface area contributed by atoms with Gasteiger partial charge in [0.05, 0.1) is 11.5 Å². The van der Waals surface area contributed by atoms with Crippen molar-refractivity contribution < 1.29 is 19.6 Å². The predicted molar refractivity (Wildman–Crippen MR) is 67.4 cm³/mol. The van der Waals surface area contributed by atoms with Crippen molar-refractivity contribution in [3.05, 3.63) is 21.5 Å². The third kappa shape index (κ3) is 3.02. The van der Waals surface area contributed by atoms with Crippen LogP contribution < -0.4 is 5.73 Å². The van der Waals surface area contributed by atoms with E-state index >= 15 is 0 Å². The smallest absolute Gasteiger partial charge is 0.407 e. The lowest BCUT2D eigenvalue weighted by Gasteiger charge is -2.13. The Morgan fingerprint density at radius 1 is 1.55 bits per heavy atom. The van der Waals surface area contributed by atoms with Crippen molar-refractivity contribution in [2.75, 3.05) is 13.6 Å². The van der Waals surface area contributed by atoms with E-state index in [4.69, 9.17) is 10.8 Å². The molecule has 1 rings (SSSR count). The molecule has 0 spiro atoms. The molecule has 10 heteroatoms. The molecule has 1 heterocycles. The molecule has 0 aliphatic carbocycles. The van der Waals surface area contributed by atoms with Crippen LogP contribution in [0.2, 0.25) is 0 Å². The Morgan fingerprint density at radius 2 is 2.15 bits per heavy atom. The zero-order valence-corrected chi connectivity index (χ0v) is 11.1. The molecule has 110 valence electrons. The summed E-state index contributed by atoms with van der Waals surface area (Å²) < 4.78 is 1.25. The van der Waals surface area contributed by atoms with Gasteiger partial charge in [-0.2, -0.15) is 5.10 Å². The molecule has 0 aromatic carbocycles. The van der Waals surface area contributed by atoms with Crippen LogP contribution >= 0.6 is 0 Å². The van der Waals surface area contributed by atoms with Crippen molar-refractivity contribution in [1.29, 1.82) is 0 Å². The van der Waals surface area contributed by atoms with E-state index in [1.807, 2.05) is 0 Å². The lowest BCUT2D eigenvalue weighted by molar-refractivity contribution is -0.385. The molecular formula is C10H15N5O5. The summed E-state index contributed by atoms with van der Waals surface area (Å²) in [7, 11) is 1.36. The van der Waals surface area contributed by atoms with Crippen molar-refractivity contribution in [3.8, 4) is 0 Å². The van der Waals surface area contributed by atoms with E-state index in [-0.39, 0.29) is 25.2 Å². The van der Waals surface area contributed by atoms with Crippen LogP contribution in [0.15, 0.2) is 0 Å². The van der Waals surface area contributed by atoms with Crippen LogP contribution in [0, 0.1) is 10.1 Å². The minimum atomic E-state index is -1.13. The summed E-state index contributed by atoms with van der Waals surface area (Å²) in [6, 6.07) is 0. The molecule has 0 atom stereocenters. The Hall–Kier alpha value is -2.65. The molecule has 1 aromatic rings. The van der Waals surface area contributed by atoms with Gasteiger partial charge in [0.1, 0.15) is 5.69 Å². The summed E-state index contributed by atoms with van der Waals surface area (Å²) in [6.07, 6.45) is -0.854. The summed E-state index contributed by atoms with van der Waals surface area (Å²) >= 11 is 0. The summed E-state index contributed by atoms with van der Waals surface area (Å²) in [5.41, 5.74) is 4.48. The number of amides is 2. The topological polar surface area (TPSA) is 145 Å². The molecular weight excluding hydrogens is 270 g/mol. The monoisotopic (exact) mass is 285 g/mol. The molecule has 3 N–H and O–H groups in total. The fourth-order valence-corrected chi connectivity index (χ4v) is 1.72. The zero-order chi connectivity index (χ0) is 15.4. The number of nitrogens with zero attached hydrogens (tertiary/aromatic N) is 4. The second-order valence-corrected chi connectivity index (χ2v) is 4.05. The van der Waals surface area contributed by atoms with Gasteiger partial charge >= 0.3 is 11.8 Å². The maximum Gasteiger partial charge on any atom is 0.407 e. The number of carbonyl (C=O) groups excluding carboxylic acids is 1. The fraction of sp³-hybridized carbons (Fsp3) is 0.500. The largest absolute Gasteiger partial charge is 0.465 e. The first-order valence-corrected chi connectivity index (χ1v) is 5.77. The fourth-order valence-electron chi connectivity index (χ4n) is 1.72. The van der Waals surface area contributed by atoms with Gasteiger partial charge in [-0.15, -0.1) is 0 Å².